The van der Waals surface area contributed by atoms with Crippen molar-refractivity contribution in [2.24, 2.45) is 0 Å². The highest BCUT2D eigenvalue weighted by Crippen LogP contribution is 2.36. The lowest BCUT2D eigenvalue weighted by atomic mass is 10.0. The molecule has 11 heteroatoms. The molecule has 2 aliphatic heterocycles. The fourth-order valence-corrected chi connectivity index (χ4v) is 5.08. The second kappa shape index (κ2) is 9.83. The number of aromatic nitrogens is 5. The fraction of sp³-hybridized carbons (Fsp3) is 0.385. The van der Waals surface area contributed by atoms with Crippen molar-refractivity contribution in [3.8, 4) is 17.2 Å². The molecule has 11 nitrogen and oxygen atoms in total. The van der Waals surface area contributed by atoms with Gasteiger partial charge in [0.25, 0.3) is 5.56 Å². The van der Waals surface area contributed by atoms with Gasteiger partial charge in [0.2, 0.25) is 6.79 Å². The number of ether oxygens (including phenoxy) is 3. The molecule has 2 aliphatic rings. The predicted octanol–water partition coefficient (Wildman–Crippen LogP) is 2.03. The minimum absolute atomic E-state index is 0.173. The van der Waals surface area contributed by atoms with Crippen LogP contribution in [0.2, 0.25) is 0 Å². The van der Waals surface area contributed by atoms with Crippen LogP contribution in [0.3, 0.4) is 0 Å². The van der Waals surface area contributed by atoms with Crippen LogP contribution >= 0.6 is 0 Å². The van der Waals surface area contributed by atoms with E-state index < -0.39 is 6.04 Å². The smallest absolute Gasteiger partial charge is 0.253 e. The number of tetrazole rings is 1. The molecule has 1 saturated heterocycles. The van der Waals surface area contributed by atoms with Crippen LogP contribution < -0.4 is 19.8 Å². The minimum Gasteiger partial charge on any atom is -0.497 e. The van der Waals surface area contributed by atoms with E-state index in [9.17, 15) is 4.79 Å². The van der Waals surface area contributed by atoms with Crippen LogP contribution in [0.25, 0.3) is 10.9 Å². The molecule has 0 bridgehead atoms. The van der Waals surface area contributed by atoms with Crippen molar-refractivity contribution in [1.29, 1.82) is 0 Å². The molecular formula is C26H29N7O4. The summed E-state index contributed by atoms with van der Waals surface area (Å²) >= 11 is 0. The van der Waals surface area contributed by atoms with Crippen LogP contribution in [0.4, 0.5) is 0 Å². The molecule has 2 aromatic heterocycles. The Kier molecular flexibility index (Phi) is 6.23. The topological polar surface area (TPSA) is 111 Å². The second-order valence-electron chi connectivity index (χ2n) is 9.26. The van der Waals surface area contributed by atoms with Crippen molar-refractivity contribution in [3.05, 3.63) is 69.8 Å². The van der Waals surface area contributed by atoms with Crippen LogP contribution in [0, 0.1) is 0 Å². The van der Waals surface area contributed by atoms with Gasteiger partial charge in [-0.05, 0) is 46.8 Å². The number of aromatic amines is 1. The number of nitrogens with zero attached hydrogens (tertiary/aromatic N) is 6. The van der Waals surface area contributed by atoms with Gasteiger partial charge in [0.05, 0.1) is 19.2 Å². The van der Waals surface area contributed by atoms with Crippen LogP contribution in [0.15, 0.2) is 47.3 Å². The van der Waals surface area contributed by atoms with E-state index in [1.165, 1.54) is 0 Å². The third kappa shape index (κ3) is 4.51. The average Bonchev–Trinajstić information content (AvgIpc) is 3.58. The van der Waals surface area contributed by atoms with Gasteiger partial charge in [-0.2, -0.15) is 0 Å². The number of hydrogen-bond donors (Lipinski definition) is 1. The van der Waals surface area contributed by atoms with Gasteiger partial charge in [-0.25, -0.2) is 4.68 Å². The molecular weight excluding hydrogens is 474 g/mol. The molecule has 0 radical (unpaired) electrons. The summed E-state index contributed by atoms with van der Waals surface area (Å²) < 4.78 is 18.1. The van der Waals surface area contributed by atoms with Gasteiger partial charge in [0, 0.05) is 43.2 Å². The average molecular weight is 504 g/mol. The zero-order chi connectivity index (χ0) is 25.4. The number of fused-ring (bicyclic) bond motifs is 2. The van der Waals surface area contributed by atoms with E-state index in [1.807, 2.05) is 42.5 Å². The number of methoxy groups -OCH3 is 1. The Hall–Kier alpha value is -3.96. The largest absolute Gasteiger partial charge is 0.497 e. The summed E-state index contributed by atoms with van der Waals surface area (Å²) in [6.07, 6.45) is 0. The van der Waals surface area contributed by atoms with Crippen molar-refractivity contribution in [3.63, 3.8) is 0 Å². The lowest BCUT2D eigenvalue weighted by Gasteiger charge is -2.38. The third-order valence-electron chi connectivity index (χ3n) is 7.18. The summed E-state index contributed by atoms with van der Waals surface area (Å²) in [6.45, 7) is 7.24. The molecule has 4 aromatic rings. The van der Waals surface area contributed by atoms with Gasteiger partial charge >= 0.3 is 0 Å². The highest BCUT2D eigenvalue weighted by Gasteiger charge is 2.32. The molecule has 0 spiro atoms. The predicted molar refractivity (Wildman–Crippen MR) is 136 cm³/mol. The molecule has 1 unspecified atom stereocenters. The summed E-state index contributed by atoms with van der Waals surface area (Å²) in [5, 5.41) is 13.6. The molecule has 1 atom stereocenters. The molecule has 2 aromatic carbocycles. The fourth-order valence-electron chi connectivity index (χ4n) is 5.08. The highest BCUT2D eigenvalue weighted by atomic mass is 16.7. The number of likely N-dealkylation sites (N-methyl/N-ethyl adjacent to an activating group) is 1. The van der Waals surface area contributed by atoms with E-state index >= 15 is 0 Å². The molecule has 37 heavy (non-hydrogen) atoms. The van der Waals surface area contributed by atoms with Gasteiger partial charge in [-0.1, -0.05) is 19.1 Å². The maximum atomic E-state index is 13.5. The van der Waals surface area contributed by atoms with Gasteiger partial charge in [-0.3, -0.25) is 9.69 Å². The first-order valence-corrected chi connectivity index (χ1v) is 12.4. The molecule has 6 rings (SSSR count). The van der Waals surface area contributed by atoms with Crippen molar-refractivity contribution in [2.75, 3.05) is 46.6 Å². The molecule has 1 N–H and O–H groups in total. The Morgan fingerprint density at radius 2 is 1.81 bits per heavy atom. The van der Waals surface area contributed by atoms with Gasteiger partial charge in [0.1, 0.15) is 11.8 Å². The number of piperazine rings is 1. The minimum atomic E-state index is -0.411. The van der Waals surface area contributed by atoms with Crippen molar-refractivity contribution in [1.82, 2.24) is 35.0 Å². The summed E-state index contributed by atoms with van der Waals surface area (Å²) in [5.74, 6) is 2.72. The molecule has 0 aliphatic carbocycles. The monoisotopic (exact) mass is 503 g/mol. The zero-order valence-corrected chi connectivity index (χ0v) is 20.9. The standard InChI is InChI=1S/C26H29N7O4/c1-3-31-8-10-32(11-9-31)24(25-28-29-30-33(25)15-17-4-6-19(35-2)7-5-17)20-12-18-13-22-23(37-16-36-22)14-21(18)27-26(20)34/h4-7,12-14,24H,3,8-11,15-16H2,1-2H3,(H,27,34). The summed E-state index contributed by atoms with van der Waals surface area (Å²) in [7, 11) is 1.64. The number of H-pyrrole nitrogens is 1. The second-order valence-corrected chi connectivity index (χ2v) is 9.26. The Morgan fingerprint density at radius 1 is 1.05 bits per heavy atom. The summed E-state index contributed by atoms with van der Waals surface area (Å²) in [6, 6.07) is 13.0. The highest BCUT2D eigenvalue weighted by molar-refractivity contribution is 5.83. The number of rotatable bonds is 7. The van der Waals surface area contributed by atoms with Gasteiger partial charge < -0.3 is 24.1 Å². The molecule has 0 amide bonds. The number of pyridine rings is 1. The maximum absolute atomic E-state index is 13.5. The van der Waals surface area contributed by atoms with E-state index in [0.717, 1.165) is 49.4 Å². The Balaban J connectivity index is 1.42. The van der Waals surface area contributed by atoms with E-state index in [2.05, 4.69) is 37.2 Å². The molecule has 192 valence electrons. The van der Waals surface area contributed by atoms with Crippen molar-refractivity contribution < 1.29 is 14.2 Å². The molecule has 1 fully saturated rings. The van der Waals surface area contributed by atoms with Crippen LogP contribution in [-0.4, -0.2) is 81.6 Å². The lowest BCUT2D eigenvalue weighted by molar-refractivity contribution is 0.108. The SMILES string of the molecule is CCN1CCN(C(c2cc3cc4c(cc3[nH]c2=O)OCO4)c2nnnn2Cc2ccc(OC)cc2)CC1. The van der Waals surface area contributed by atoms with E-state index in [4.69, 9.17) is 14.2 Å². The number of hydrogen-bond acceptors (Lipinski definition) is 9. The lowest BCUT2D eigenvalue weighted by Crippen LogP contribution is -2.49. The van der Waals surface area contributed by atoms with E-state index in [0.29, 0.717) is 34.9 Å². The number of benzene rings is 2. The summed E-state index contributed by atoms with van der Waals surface area (Å²) in [5.41, 5.74) is 2.16. The Labute approximate surface area is 213 Å². The first kappa shape index (κ1) is 23.4. The normalized spacial score (nSPS) is 16.8. The summed E-state index contributed by atoms with van der Waals surface area (Å²) in [4.78, 5) is 21.3. The van der Waals surface area contributed by atoms with Crippen molar-refractivity contribution >= 4 is 10.9 Å². The van der Waals surface area contributed by atoms with Gasteiger partial charge in [0.15, 0.2) is 17.3 Å². The van der Waals surface area contributed by atoms with E-state index in [1.54, 1.807) is 11.8 Å². The van der Waals surface area contributed by atoms with Crippen LogP contribution in [0.1, 0.15) is 29.9 Å². The van der Waals surface area contributed by atoms with Gasteiger partial charge in [-0.15, -0.1) is 5.10 Å². The molecule has 4 heterocycles. The van der Waals surface area contributed by atoms with Crippen molar-refractivity contribution in [2.45, 2.75) is 19.5 Å². The van der Waals surface area contributed by atoms with E-state index in [-0.39, 0.29) is 12.4 Å². The first-order chi connectivity index (χ1) is 18.1. The quantitative estimate of drug-likeness (QED) is 0.405. The third-order valence-corrected chi connectivity index (χ3v) is 7.18. The molecule has 0 saturated carbocycles. The number of nitrogens with one attached hydrogen (secondary N) is 1. The zero-order valence-electron chi connectivity index (χ0n) is 20.9. The van der Waals surface area contributed by atoms with Crippen LogP contribution in [0.5, 0.6) is 17.2 Å². The maximum Gasteiger partial charge on any atom is 0.253 e. The first-order valence-electron chi connectivity index (χ1n) is 12.4. The van der Waals surface area contributed by atoms with Crippen LogP contribution in [-0.2, 0) is 6.54 Å². The Bertz CT molecular complexity index is 1460. The Morgan fingerprint density at radius 3 is 2.54 bits per heavy atom.